The highest BCUT2D eigenvalue weighted by Crippen LogP contribution is 2.33. The van der Waals surface area contributed by atoms with E-state index in [0.717, 1.165) is 27.8 Å². The molecule has 0 fully saturated rings. The second-order valence-electron chi connectivity index (χ2n) is 7.45. The minimum Gasteiger partial charge on any atom is -0.454 e. The van der Waals surface area contributed by atoms with Gasteiger partial charge in [0.1, 0.15) is 12.3 Å². The first-order valence-corrected chi connectivity index (χ1v) is 10.6. The molecule has 0 N–H and O–H groups in total. The van der Waals surface area contributed by atoms with Crippen LogP contribution in [0.4, 0.5) is 5.69 Å². The average molecular weight is 454 g/mol. The number of ether oxygens (including phenoxy) is 1. The molecule has 3 aromatic carbocycles. The van der Waals surface area contributed by atoms with Crippen molar-refractivity contribution in [1.82, 2.24) is 4.57 Å². The number of rotatable bonds is 6. The lowest BCUT2D eigenvalue weighted by Gasteiger charge is -2.14. The normalized spacial score (nSPS) is 10.4. The van der Waals surface area contributed by atoms with Crippen molar-refractivity contribution in [1.29, 1.82) is 5.26 Å². The summed E-state index contributed by atoms with van der Waals surface area (Å²) in [5.74, 6) is 1.19. The number of hydrogen-bond acceptors (Lipinski definition) is 5. The number of nitriles is 1. The molecular weight excluding hydrogens is 434 g/mol. The highest BCUT2D eigenvalue weighted by molar-refractivity contribution is 7.71. The van der Waals surface area contributed by atoms with E-state index < -0.39 is 4.92 Å². The van der Waals surface area contributed by atoms with E-state index in [1.807, 2.05) is 61.7 Å². The molecule has 6 nitrogen and oxygen atoms in total. The smallest absolute Gasteiger partial charge is 0.269 e. The van der Waals surface area contributed by atoms with Gasteiger partial charge in [0, 0.05) is 30.1 Å². The van der Waals surface area contributed by atoms with Crippen LogP contribution in [0.2, 0.25) is 0 Å². The van der Waals surface area contributed by atoms with Crippen LogP contribution in [0, 0.1) is 32.9 Å². The van der Waals surface area contributed by atoms with Crippen LogP contribution in [0.1, 0.15) is 5.56 Å². The molecule has 0 atom stereocenters. The number of aromatic nitrogens is 1. The number of para-hydroxylation sites is 1. The van der Waals surface area contributed by atoms with E-state index >= 15 is 0 Å². The molecule has 0 saturated carbocycles. The van der Waals surface area contributed by atoms with E-state index in [2.05, 4.69) is 6.07 Å². The Morgan fingerprint density at radius 3 is 2.39 bits per heavy atom. The largest absolute Gasteiger partial charge is 0.454 e. The minimum atomic E-state index is -0.419. The zero-order valence-corrected chi connectivity index (χ0v) is 18.6. The van der Waals surface area contributed by atoms with Crippen LogP contribution >= 0.6 is 12.2 Å². The van der Waals surface area contributed by atoms with Gasteiger partial charge in [0.15, 0.2) is 5.75 Å². The Morgan fingerprint density at radius 2 is 1.70 bits per heavy atom. The molecule has 162 valence electrons. The van der Waals surface area contributed by atoms with Gasteiger partial charge < -0.3 is 9.30 Å². The number of nitro benzene ring substituents is 1. The first kappa shape index (κ1) is 21.9. The van der Waals surface area contributed by atoms with Gasteiger partial charge in [-0.3, -0.25) is 10.1 Å². The van der Waals surface area contributed by atoms with Crippen molar-refractivity contribution >= 4 is 17.9 Å². The molecule has 0 saturated heterocycles. The monoisotopic (exact) mass is 453 g/mol. The van der Waals surface area contributed by atoms with Gasteiger partial charge in [-0.05, 0) is 53.4 Å². The SMILES string of the molecule is Cc1ccccc1Oc1cn(CC#N)cc(-c2cccc(-c3ccc([N+](=O)[O-])cc3)c2)c1=S. The molecule has 0 unspecified atom stereocenters. The van der Waals surface area contributed by atoms with Gasteiger partial charge >= 0.3 is 0 Å². The Balaban J connectivity index is 1.78. The van der Waals surface area contributed by atoms with E-state index in [4.69, 9.17) is 17.0 Å². The molecule has 33 heavy (non-hydrogen) atoms. The fraction of sp³-hybridized carbons (Fsp3) is 0.0769. The van der Waals surface area contributed by atoms with Crippen molar-refractivity contribution in [2.24, 2.45) is 0 Å². The highest BCUT2D eigenvalue weighted by atomic mass is 32.1. The van der Waals surface area contributed by atoms with Crippen LogP contribution in [-0.2, 0) is 6.54 Å². The zero-order chi connectivity index (χ0) is 23.4. The van der Waals surface area contributed by atoms with Gasteiger partial charge in [0.25, 0.3) is 5.69 Å². The van der Waals surface area contributed by atoms with Gasteiger partial charge in [-0.25, -0.2) is 0 Å². The summed E-state index contributed by atoms with van der Waals surface area (Å²) in [4.78, 5) is 10.5. The maximum absolute atomic E-state index is 11.0. The fourth-order valence-electron chi connectivity index (χ4n) is 3.49. The Morgan fingerprint density at radius 1 is 0.970 bits per heavy atom. The predicted octanol–water partition coefficient (Wildman–Crippen LogP) is 7.08. The molecule has 7 heteroatoms. The number of benzene rings is 3. The summed E-state index contributed by atoms with van der Waals surface area (Å²) in [5, 5.41) is 20.2. The van der Waals surface area contributed by atoms with Crippen LogP contribution in [-0.4, -0.2) is 9.49 Å². The van der Waals surface area contributed by atoms with Crippen molar-refractivity contribution in [3.8, 4) is 39.8 Å². The lowest BCUT2D eigenvalue weighted by molar-refractivity contribution is -0.384. The number of aryl methyl sites for hydroxylation is 1. The summed E-state index contributed by atoms with van der Waals surface area (Å²) in [6.45, 7) is 2.11. The van der Waals surface area contributed by atoms with Crippen molar-refractivity contribution in [2.45, 2.75) is 13.5 Å². The first-order chi connectivity index (χ1) is 16.0. The quantitative estimate of drug-likeness (QED) is 0.177. The Kier molecular flexibility index (Phi) is 6.29. The number of hydrogen-bond donors (Lipinski definition) is 0. The zero-order valence-electron chi connectivity index (χ0n) is 17.8. The molecule has 0 bridgehead atoms. The summed E-state index contributed by atoms with van der Waals surface area (Å²) in [6, 6.07) is 24.0. The number of nitrogens with zero attached hydrogens (tertiary/aromatic N) is 3. The molecule has 1 aromatic heterocycles. The summed E-state index contributed by atoms with van der Waals surface area (Å²) in [7, 11) is 0. The maximum atomic E-state index is 11.0. The topological polar surface area (TPSA) is 81.1 Å². The lowest BCUT2D eigenvalue weighted by Crippen LogP contribution is -2.00. The average Bonchev–Trinajstić information content (AvgIpc) is 2.83. The Labute approximate surface area is 196 Å². The first-order valence-electron chi connectivity index (χ1n) is 10.2. The fourth-order valence-corrected chi connectivity index (χ4v) is 3.75. The standard InChI is InChI=1S/C26H19N3O3S/c1-18-5-2-3-8-24(18)32-25-17-28(14-13-27)16-23(26(25)33)21-7-4-6-20(15-21)19-9-11-22(12-10-19)29(30)31/h2-12,15-17H,14H2,1H3. The molecule has 0 radical (unpaired) electrons. The number of pyridine rings is 1. The van der Waals surface area contributed by atoms with E-state index in [1.165, 1.54) is 12.1 Å². The van der Waals surface area contributed by atoms with Gasteiger partial charge in [0.2, 0.25) is 0 Å². The molecular formula is C26H19N3O3S. The molecule has 4 aromatic rings. The van der Waals surface area contributed by atoms with Crippen molar-refractivity contribution in [2.75, 3.05) is 0 Å². The molecule has 0 aliphatic carbocycles. The number of nitro groups is 1. The van der Waals surface area contributed by atoms with Crippen molar-refractivity contribution < 1.29 is 9.66 Å². The molecule has 1 heterocycles. The molecule has 0 aliphatic heterocycles. The third kappa shape index (κ3) is 4.81. The van der Waals surface area contributed by atoms with Gasteiger partial charge in [-0.15, -0.1) is 0 Å². The van der Waals surface area contributed by atoms with Gasteiger partial charge in [0.05, 0.1) is 15.5 Å². The maximum Gasteiger partial charge on any atom is 0.269 e. The summed E-state index contributed by atoms with van der Waals surface area (Å²) < 4.78 is 8.42. The van der Waals surface area contributed by atoms with E-state index in [-0.39, 0.29) is 12.2 Å². The molecule has 4 rings (SSSR count). The van der Waals surface area contributed by atoms with Crippen LogP contribution in [0.15, 0.2) is 85.2 Å². The summed E-state index contributed by atoms with van der Waals surface area (Å²) >= 11 is 5.77. The van der Waals surface area contributed by atoms with Crippen LogP contribution in [0.25, 0.3) is 22.3 Å². The third-order valence-corrected chi connectivity index (χ3v) is 5.62. The second kappa shape index (κ2) is 9.47. The van der Waals surface area contributed by atoms with Crippen LogP contribution < -0.4 is 4.74 Å². The second-order valence-corrected chi connectivity index (χ2v) is 7.86. The van der Waals surface area contributed by atoms with E-state index in [9.17, 15) is 15.4 Å². The summed E-state index contributed by atoms with van der Waals surface area (Å²) in [6.07, 6.45) is 3.58. The predicted molar refractivity (Wildman–Crippen MR) is 130 cm³/mol. The van der Waals surface area contributed by atoms with Crippen molar-refractivity contribution in [3.05, 3.63) is 105 Å². The highest BCUT2D eigenvalue weighted by Gasteiger charge is 2.12. The molecule has 0 amide bonds. The summed E-state index contributed by atoms with van der Waals surface area (Å²) in [5.41, 5.74) is 4.39. The van der Waals surface area contributed by atoms with E-state index in [1.54, 1.807) is 22.9 Å². The third-order valence-electron chi connectivity index (χ3n) is 5.20. The number of non-ortho nitro benzene ring substituents is 1. The Hall–Kier alpha value is -4.28. The van der Waals surface area contributed by atoms with Gasteiger partial charge in [-0.1, -0.05) is 48.6 Å². The molecule has 0 aliphatic rings. The van der Waals surface area contributed by atoms with Crippen molar-refractivity contribution in [3.63, 3.8) is 0 Å². The van der Waals surface area contributed by atoms with E-state index in [0.29, 0.717) is 16.0 Å². The van der Waals surface area contributed by atoms with Crippen LogP contribution in [0.3, 0.4) is 0 Å². The minimum absolute atomic E-state index is 0.0429. The lowest BCUT2D eigenvalue weighted by atomic mass is 9.99. The van der Waals surface area contributed by atoms with Gasteiger partial charge in [-0.2, -0.15) is 5.26 Å². The molecule has 0 spiro atoms. The van der Waals surface area contributed by atoms with Crippen LogP contribution in [0.5, 0.6) is 11.5 Å². The Bertz CT molecular complexity index is 1440.